The molecule has 2 aliphatic carbocycles. The van der Waals surface area contributed by atoms with Crippen LogP contribution in [0.3, 0.4) is 0 Å². The van der Waals surface area contributed by atoms with Gasteiger partial charge in [-0.25, -0.2) is 0 Å². The zero-order valence-corrected chi connectivity index (χ0v) is 26.3. The Kier molecular flexibility index (Phi) is 10.6. The van der Waals surface area contributed by atoms with Crippen molar-refractivity contribution < 1.29 is 38.1 Å². The maximum absolute atomic E-state index is 13.3. The van der Waals surface area contributed by atoms with Crippen LogP contribution in [0.25, 0.3) is 20.7 Å². The van der Waals surface area contributed by atoms with Crippen LogP contribution in [0.15, 0.2) is 47.3 Å². The lowest BCUT2D eigenvalue weighted by molar-refractivity contribution is -0.151. The molecule has 0 radical (unpaired) electrons. The van der Waals surface area contributed by atoms with E-state index in [2.05, 4.69) is 4.98 Å². The number of carbonyl (C=O) groups is 4. The maximum atomic E-state index is 13.3. The zero-order valence-electron chi connectivity index (χ0n) is 25.5. The third-order valence-corrected chi connectivity index (χ3v) is 9.58. The number of esters is 4. The molecule has 0 atom stereocenters. The number of hydrogen-bond donors (Lipinski definition) is 0. The first-order valence-corrected chi connectivity index (χ1v) is 16.4. The van der Waals surface area contributed by atoms with Crippen LogP contribution in [0, 0.1) is 23.7 Å². The summed E-state index contributed by atoms with van der Waals surface area (Å²) in [5.41, 5.74) is -0.0672. The second-order valence-corrected chi connectivity index (χ2v) is 12.5. The first-order valence-electron chi connectivity index (χ1n) is 15.6. The van der Waals surface area contributed by atoms with Gasteiger partial charge in [-0.3, -0.25) is 24.0 Å². The highest BCUT2D eigenvalue weighted by atomic mass is 32.1. The van der Waals surface area contributed by atoms with Crippen LogP contribution in [-0.2, 0) is 28.7 Å². The minimum absolute atomic E-state index is 0.195. The van der Waals surface area contributed by atoms with Crippen molar-refractivity contribution in [1.29, 1.82) is 0 Å². The smallest absolute Gasteiger partial charge is 0.314 e. The van der Waals surface area contributed by atoms with Crippen molar-refractivity contribution in [1.82, 2.24) is 4.98 Å². The summed E-state index contributed by atoms with van der Waals surface area (Å²) < 4.78 is 22.6. The molecule has 0 bridgehead atoms. The van der Waals surface area contributed by atoms with Gasteiger partial charge in [0, 0.05) is 4.70 Å². The van der Waals surface area contributed by atoms with Gasteiger partial charge in [-0.1, -0.05) is 12.1 Å². The molecule has 2 aliphatic rings. The van der Waals surface area contributed by atoms with Crippen LogP contribution in [-0.4, -0.2) is 42.1 Å². The Labute approximate surface area is 265 Å². The molecule has 5 rings (SSSR count). The van der Waals surface area contributed by atoms with Gasteiger partial charge >= 0.3 is 23.9 Å². The molecular weight excluding hydrogens is 598 g/mol. The lowest BCUT2D eigenvalue weighted by atomic mass is 9.82. The number of rotatable bonds is 9. The lowest BCUT2D eigenvalue weighted by Gasteiger charge is -2.26. The fourth-order valence-corrected chi connectivity index (χ4v) is 7.01. The molecule has 1 heterocycles. The first-order chi connectivity index (χ1) is 21.8. The second kappa shape index (κ2) is 14.8. The van der Waals surface area contributed by atoms with E-state index in [0.717, 1.165) is 0 Å². The molecule has 3 aromatic rings. The number of nitrogens with zero attached hydrogens (tertiary/aromatic N) is 1. The van der Waals surface area contributed by atoms with E-state index in [0.29, 0.717) is 85.2 Å². The molecule has 10 nitrogen and oxygen atoms in total. The molecule has 0 saturated heterocycles. The summed E-state index contributed by atoms with van der Waals surface area (Å²) in [6.45, 7) is 4.18. The first kappa shape index (κ1) is 32.3. The second-order valence-electron chi connectivity index (χ2n) is 11.4. The molecule has 11 heteroatoms. The largest absolute Gasteiger partial charge is 0.466 e. The average Bonchev–Trinajstić information content (AvgIpc) is 3.05. The minimum atomic E-state index is -0.435. The Morgan fingerprint density at radius 1 is 0.711 bits per heavy atom. The van der Waals surface area contributed by atoms with Gasteiger partial charge < -0.3 is 18.9 Å². The Balaban J connectivity index is 1.35. The SMILES string of the molecule is CCOC(=O)C1CCC(C(=O)Oc2ccc(OC(=O)[C@H]3CC[C@H](C(=O)OCC)CC3)c(-c3nc(=O)c4ccccc4s3)c2)CC1. The number of aromatic nitrogens is 1. The van der Waals surface area contributed by atoms with Gasteiger partial charge in [-0.15, -0.1) is 11.3 Å². The average molecular weight is 636 g/mol. The summed E-state index contributed by atoms with van der Waals surface area (Å²) in [5.74, 6) is -2.08. The van der Waals surface area contributed by atoms with E-state index < -0.39 is 23.4 Å². The fraction of sp³-hybridized carbons (Fsp3) is 0.471. The van der Waals surface area contributed by atoms with Crippen molar-refractivity contribution in [3.63, 3.8) is 0 Å². The molecule has 2 saturated carbocycles. The predicted molar refractivity (Wildman–Crippen MR) is 167 cm³/mol. The summed E-state index contributed by atoms with van der Waals surface area (Å²) in [7, 11) is 0. The number of fused-ring (bicyclic) bond motifs is 1. The Morgan fingerprint density at radius 2 is 1.22 bits per heavy atom. The predicted octanol–water partition coefficient (Wildman–Crippen LogP) is 5.87. The van der Waals surface area contributed by atoms with Gasteiger partial charge in [0.25, 0.3) is 5.56 Å². The maximum Gasteiger partial charge on any atom is 0.314 e. The van der Waals surface area contributed by atoms with Crippen molar-refractivity contribution in [2.75, 3.05) is 13.2 Å². The van der Waals surface area contributed by atoms with Crippen molar-refractivity contribution in [3.8, 4) is 22.1 Å². The molecule has 0 spiro atoms. The summed E-state index contributed by atoms with van der Waals surface area (Å²) in [5, 5.41) is 0.796. The highest BCUT2D eigenvalue weighted by molar-refractivity contribution is 7.21. The molecule has 0 amide bonds. The molecule has 0 unspecified atom stereocenters. The van der Waals surface area contributed by atoms with Crippen LogP contribution < -0.4 is 15.0 Å². The van der Waals surface area contributed by atoms with Crippen LogP contribution in [0.5, 0.6) is 11.5 Å². The number of carbonyl (C=O) groups excluding carboxylic acids is 4. The van der Waals surface area contributed by atoms with Crippen LogP contribution in [0.1, 0.15) is 65.2 Å². The van der Waals surface area contributed by atoms with Gasteiger partial charge in [0.05, 0.1) is 47.8 Å². The highest BCUT2D eigenvalue weighted by Crippen LogP contribution is 2.38. The quantitative estimate of drug-likeness (QED) is 0.207. The van der Waals surface area contributed by atoms with Crippen LogP contribution in [0.2, 0.25) is 0 Å². The third-order valence-electron chi connectivity index (χ3n) is 8.50. The van der Waals surface area contributed by atoms with Crippen molar-refractivity contribution in [2.24, 2.45) is 23.7 Å². The van der Waals surface area contributed by atoms with Gasteiger partial charge in [-0.2, -0.15) is 4.98 Å². The molecule has 1 aromatic heterocycles. The molecule has 45 heavy (non-hydrogen) atoms. The summed E-state index contributed by atoms with van der Waals surface area (Å²) in [6.07, 6.45) is 4.19. The Hall–Kier alpha value is -4.12. The third kappa shape index (κ3) is 7.76. The zero-order chi connectivity index (χ0) is 31.9. The van der Waals surface area contributed by atoms with Gasteiger partial charge in [0.2, 0.25) is 0 Å². The van der Waals surface area contributed by atoms with E-state index in [1.165, 1.54) is 11.3 Å². The van der Waals surface area contributed by atoms with E-state index >= 15 is 0 Å². The molecule has 2 aromatic carbocycles. The van der Waals surface area contributed by atoms with Crippen LogP contribution >= 0.6 is 11.3 Å². The monoisotopic (exact) mass is 635 g/mol. The number of benzene rings is 2. The fourth-order valence-electron chi connectivity index (χ4n) is 6.00. The summed E-state index contributed by atoms with van der Waals surface area (Å²) in [6, 6.07) is 11.8. The van der Waals surface area contributed by atoms with E-state index in [1.54, 1.807) is 44.2 Å². The molecule has 2 fully saturated rings. The molecule has 238 valence electrons. The van der Waals surface area contributed by atoms with Crippen molar-refractivity contribution in [3.05, 3.63) is 52.8 Å². The number of hydrogen-bond acceptors (Lipinski definition) is 11. The highest BCUT2D eigenvalue weighted by Gasteiger charge is 2.33. The topological polar surface area (TPSA) is 135 Å². The standard InChI is InChI=1S/C34H37NO9S/c1-3-41-31(37)20-9-13-22(14-10-20)33(39)43-24-17-18-27(44-34(40)23-15-11-21(12-16-23)32(38)42-4-2)26(19-24)30-35-29(36)25-7-5-6-8-28(25)45-30/h5-8,17-23H,3-4,9-16H2,1-2H3/t20?,21-,22?,23-. The van der Waals surface area contributed by atoms with Crippen LogP contribution in [0.4, 0.5) is 0 Å². The van der Waals surface area contributed by atoms with E-state index in [-0.39, 0.29) is 41.2 Å². The van der Waals surface area contributed by atoms with Gasteiger partial charge in [0.1, 0.15) is 16.5 Å². The molecule has 0 N–H and O–H groups in total. The van der Waals surface area contributed by atoms with Crippen molar-refractivity contribution in [2.45, 2.75) is 65.2 Å². The normalized spacial score (nSPS) is 21.5. The van der Waals surface area contributed by atoms with E-state index in [9.17, 15) is 24.0 Å². The van der Waals surface area contributed by atoms with Gasteiger partial charge in [-0.05, 0) is 95.5 Å². The van der Waals surface area contributed by atoms with E-state index in [4.69, 9.17) is 18.9 Å². The lowest BCUT2D eigenvalue weighted by Crippen LogP contribution is -2.29. The summed E-state index contributed by atoms with van der Waals surface area (Å²) >= 11 is 1.26. The molecular formula is C34H37NO9S. The Morgan fingerprint density at radius 3 is 1.78 bits per heavy atom. The minimum Gasteiger partial charge on any atom is -0.466 e. The van der Waals surface area contributed by atoms with Crippen molar-refractivity contribution >= 4 is 45.3 Å². The summed E-state index contributed by atoms with van der Waals surface area (Å²) in [4.78, 5) is 67.8. The van der Waals surface area contributed by atoms with Gasteiger partial charge in [0.15, 0.2) is 0 Å². The molecule has 0 aliphatic heterocycles. The number of ether oxygens (including phenoxy) is 4. The van der Waals surface area contributed by atoms with E-state index in [1.807, 2.05) is 12.1 Å². The Bertz CT molecular complexity index is 1620.